The van der Waals surface area contributed by atoms with Crippen molar-refractivity contribution in [2.24, 2.45) is 5.41 Å². The first-order valence-electron chi connectivity index (χ1n) is 9.13. The number of anilines is 1. The Morgan fingerprint density at radius 3 is 2.48 bits per heavy atom. The summed E-state index contributed by atoms with van der Waals surface area (Å²) in [7, 11) is 0. The molecule has 0 radical (unpaired) electrons. The van der Waals surface area contributed by atoms with Gasteiger partial charge in [0.05, 0.1) is 22.4 Å². The van der Waals surface area contributed by atoms with Crippen molar-refractivity contribution in [2.75, 3.05) is 11.9 Å². The largest absolute Gasteiger partial charge is 0.456 e. The Hall–Kier alpha value is -1.91. The van der Waals surface area contributed by atoms with Gasteiger partial charge in [0.25, 0.3) is 5.91 Å². The number of carbonyl (C=O) groups is 2. The second-order valence-corrected chi connectivity index (χ2v) is 10.7. The molecule has 1 aromatic heterocycles. The van der Waals surface area contributed by atoms with Crippen molar-refractivity contribution in [2.45, 2.75) is 72.4 Å². The van der Waals surface area contributed by atoms with Crippen molar-refractivity contribution in [1.29, 1.82) is 5.26 Å². The number of nitrogens with two attached hydrogens (primary N) is 1. The van der Waals surface area contributed by atoms with E-state index in [0.717, 1.165) is 16.9 Å². The predicted molar refractivity (Wildman–Crippen MR) is 105 cm³/mol. The number of rotatable bonds is 4. The molecule has 2 rings (SSSR count). The van der Waals surface area contributed by atoms with Crippen LogP contribution in [0.1, 0.15) is 70.9 Å². The van der Waals surface area contributed by atoms with Gasteiger partial charge in [0, 0.05) is 6.42 Å². The second-order valence-electron chi connectivity index (χ2n) is 9.70. The molecule has 6 nitrogen and oxygen atoms in total. The fourth-order valence-electron chi connectivity index (χ4n) is 3.70. The van der Waals surface area contributed by atoms with E-state index in [9.17, 15) is 14.9 Å². The van der Waals surface area contributed by atoms with Gasteiger partial charge in [-0.25, -0.2) is 0 Å². The minimum absolute atomic E-state index is 0.0209. The molecule has 27 heavy (non-hydrogen) atoms. The van der Waals surface area contributed by atoms with E-state index in [2.05, 4.69) is 44.4 Å². The van der Waals surface area contributed by atoms with Crippen LogP contribution in [0, 0.1) is 16.7 Å². The third kappa shape index (κ3) is 5.30. The van der Waals surface area contributed by atoms with Gasteiger partial charge in [0.2, 0.25) is 0 Å². The normalized spacial score (nSPS) is 17.6. The van der Waals surface area contributed by atoms with Crippen LogP contribution in [-0.2, 0) is 26.3 Å². The van der Waals surface area contributed by atoms with E-state index in [4.69, 9.17) is 4.74 Å². The highest BCUT2D eigenvalue weighted by Crippen LogP contribution is 2.41. The standard InChI is InChI=1S/C20H29N3O3S/c1-18(2,3)9-15(25)26-11-14(24)22-17-13(10-21)12-8-19(4,5)23-20(6,7)16(12)27-17/h23H,8-9,11H2,1-7H3,(H,22,24)/p+1. The molecule has 0 spiro atoms. The number of esters is 1. The minimum Gasteiger partial charge on any atom is -0.456 e. The molecular weight excluding hydrogens is 362 g/mol. The van der Waals surface area contributed by atoms with Crippen LogP contribution in [0.5, 0.6) is 0 Å². The smallest absolute Gasteiger partial charge is 0.306 e. The van der Waals surface area contributed by atoms with Crippen LogP contribution in [-0.4, -0.2) is 24.0 Å². The molecular formula is C20H30N3O3S+. The highest BCUT2D eigenvalue weighted by molar-refractivity contribution is 7.16. The van der Waals surface area contributed by atoms with Crippen molar-refractivity contribution < 1.29 is 19.6 Å². The summed E-state index contributed by atoms with van der Waals surface area (Å²) < 4.78 is 5.07. The maximum Gasteiger partial charge on any atom is 0.306 e. The van der Waals surface area contributed by atoms with E-state index < -0.39 is 11.9 Å². The summed E-state index contributed by atoms with van der Waals surface area (Å²) in [6.45, 7) is 14.0. The first kappa shape index (κ1) is 21.4. The van der Waals surface area contributed by atoms with Crippen LogP contribution in [0.3, 0.4) is 0 Å². The Labute approximate surface area is 165 Å². The zero-order valence-corrected chi connectivity index (χ0v) is 18.1. The van der Waals surface area contributed by atoms with Crippen LogP contribution in [0.4, 0.5) is 5.00 Å². The van der Waals surface area contributed by atoms with Gasteiger partial charge in [-0.2, -0.15) is 5.26 Å². The van der Waals surface area contributed by atoms with Crippen molar-refractivity contribution in [1.82, 2.24) is 0 Å². The SMILES string of the molecule is CC(C)(C)CC(=O)OCC(=O)Nc1sc2c(c1C#N)CC(C)(C)[NH2+]C2(C)C. The molecule has 148 valence electrons. The van der Waals surface area contributed by atoms with Gasteiger partial charge in [0.1, 0.15) is 16.6 Å². The molecule has 3 N–H and O–H groups in total. The van der Waals surface area contributed by atoms with E-state index in [1.165, 1.54) is 11.3 Å². The molecule has 0 bridgehead atoms. The zero-order valence-electron chi connectivity index (χ0n) is 17.3. The maximum atomic E-state index is 12.3. The van der Waals surface area contributed by atoms with Gasteiger partial charge in [-0.05, 0) is 38.7 Å². The fraction of sp³-hybridized carbons (Fsp3) is 0.650. The molecule has 0 aromatic carbocycles. The number of nitriles is 1. The van der Waals surface area contributed by atoms with Crippen LogP contribution in [0.2, 0.25) is 0 Å². The highest BCUT2D eigenvalue weighted by Gasteiger charge is 2.44. The Morgan fingerprint density at radius 1 is 1.30 bits per heavy atom. The second kappa shape index (κ2) is 7.25. The maximum absolute atomic E-state index is 12.3. The molecule has 0 saturated heterocycles. The average Bonchev–Trinajstić information content (AvgIpc) is 2.79. The predicted octanol–water partition coefficient (Wildman–Crippen LogP) is 2.67. The molecule has 0 saturated carbocycles. The third-order valence-electron chi connectivity index (χ3n) is 4.38. The van der Waals surface area contributed by atoms with Gasteiger partial charge in [-0.1, -0.05) is 20.8 Å². The highest BCUT2D eigenvalue weighted by atomic mass is 32.1. The monoisotopic (exact) mass is 392 g/mol. The molecule has 0 fully saturated rings. The number of hydrogen-bond acceptors (Lipinski definition) is 5. The van der Waals surface area contributed by atoms with E-state index in [1.807, 2.05) is 20.8 Å². The first-order chi connectivity index (χ1) is 12.2. The Kier molecular flexibility index (Phi) is 5.74. The number of fused-ring (bicyclic) bond motifs is 1. The lowest BCUT2D eigenvalue weighted by atomic mass is 9.81. The summed E-state index contributed by atoms with van der Waals surface area (Å²) in [5, 5.41) is 15.3. The number of nitrogens with zero attached hydrogens (tertiary/aromatic N) is 1. The number of thiophene rings is 1. The van der Waals surface area contributed by atoms with E-state index in [-0.39, 0.29) is 29.5 Å². The minimum atomic E-state index is -0.423. The molecule has 2 heterocycles. The fourth-order valence-corrected chi connectivity index (χ4v) is 4.96. The summed E-state index contributed by atoms with van der Waals surface area (Å²) in [4.78, 5) is 25.2. The van der Waals surface area contributed by atoms with Crippen LogP contribution >= 0.6 is 11.3 Å². The molecule has 7 heteroatoms. The zero-order chi connectivity index (χ0) is 20.6. The third-order valence-corrected chi connectivity index (χ3v) is 5.87. The molecule has 1 aromatic rings. The Balaban J connectivity index is 2.14. The van der Waals surface area contributed by atoms with Gasteiger partial charge in [0.15, 0.2) is 6.61 Å². The molecule has 1 aliphatic rings. The van der Waals surface area contributed by atoms with Crippen molar-refractivity contribution in [3.63, 3.8) is 0 Å². The molecule has 0 aliphatic carbocycles. The molecule has 0 atom stereocenters. The van der Waals surface area contributed by atoms with Crippen LogP contribution in [0.15, 0.2) is 0 Å². The number of hydrogen-bond donors (Lipinski definition) is 2. The number of nitrogens with one attached hydrogen (secondary N) is 1. The summed E-state index contributed by atoms with van der Waals surface area (Å²) in [6, 6.07) is 2.25. The molecule has 1 aliphatic heterocycles. The van der Waals surface area contributed by atoms with E-state index >= 15 is 0 Å². The van der Waals surface area contributed by atoms with Crippen LogP contribution in [0.25, 0.3) is 0 Å². The van der Waals surface area contributed by atoms with Crippen molar-refractivity contribution in [3.05, 3.63) is 16.0 Å². The van der Waals surface area contributed by atoms with Crippen molar-refractivity contribution in [3.8, 4) is 6.07 Å². The van der Waals surface area contributed by atoms with E-state index in [0.29, 0.717) is 10.6 Å². The topological polar surface area (TPSA) is 95.8 Å². The summed E-state index contributed by atoms with van der Waals surface area (Å²) in [6.07, 6.45) is 1.01. The summed E-state index contributed by atoms with van der Waals surface area (Å²) in [5.41, 5.74) is 1.16. The van der Waals surface area contributed by atoms with Gasteiger partial charge in [-0.3, -0.25) is 9.59 Å². The number of carbonyl (C=O) groups excluding carboxylic acids is 2. The number of amides is 1. The van der Waals surface area contributed by atoms with Gasteiger partial charge in [-0.15, -0.1) is 11.3 Å². The van der Waals surface area contributed by atoms with Gasteiger partial charge >= 0.3 is 5.97 Å². The summed E-state index contributed by atoms with van der Waals surface area (Å²) in [5.74, 6) is -0.825. The van der Waals surface area contributed by atoms with E-state index in [1.54, 1.807) is 0 Å². The number of quaternary nitrogens is 1. The molecule has 1 amide bonds. The summed E-state index contributed by atoms with van der Waals surface area (Å²) >= 11 is 1.44. The van der Waals surface area contributed by atoms with Crippen molar-refractivity contribution >= 4 is 28.2 Å². The lowest BCUT2D eigenvalue weighted by Crippen LogP contribution is -3.03. The Morgan fingerprint density at radius 2 is 1.93 bits per heavy atom. The quantitative estimate of drug-likeness (QED) is 0.770. The first-order valence-corrected chi connectivity index (χ1v) is 9.94. The van der Waals surface area contributed by atoms with Gasteiger partial charge < -0.3 is 15.4 Å². The Bertz CT molecular complexity index is 795. The molecule has 0 unspecified atom stereocenters. The lowest BCUT2D eigenvalue weighted by Gasteiger charge is -2.38. The lowest BCUT2D eigenvalue weighted by molar-refractivity contribution is -0.789. The van der Waals surface area contributed by atoms with Crippen LogP contribution < -0.4 is 10.6 Å². The average molecular weight is 393 g/mol. The number of ether oxygens (including phenoxy) is 1.